The van der Waals surface area contributed by atoms with Gasteiger partial charge in [0.2, 0.25) is 0 Å². The van der Waals surface area contributed by atoms with Crippen LogP contribution in [0.15, 0.2) is 21.6 Å². The average molecular weight is 341 g/mol. The van der Waals surface area contributed by atoms with E-state index in [0.717, 1.165) is 5.92 Å². The molecule has 0 unspecified atom stereocenters. The van der Waals surface area contributed by atoms with Crippen molar-refractivity contribution >= 4 is 0 Å². The van der Waals surface area contributed by atoms with E-state index in [1.165, 1.54) is 32.1 Å². The molecule has 0 heterocycles. The van der Waals surface area contributed by atoms with Crippen molar-refractivity contribution in [3.8, 4) is 0 Å². The van der Waals surface area contributed by atoms with Gasteiger partial charge in [0.05, 0.1) is 0 Å². The van der Waals surface area contributed by atoms with Crippen molar-refractivity contribution in [1.29, 1.82) is 0 Å². The van der Waals surface area contributed by atoms with Crippen molar-refractivity contribution in [1.82, 2.24) is 0 Å². The predicted molar refractivity (Wildman–Crippen MR) is 42.7 cm³/mol. The molecule has 1 fully saturated rings. The Labute approximate surface area is 113 Å². The first kappa shape index (κ1) is 14.2. The molecule has 0 bridgehead atoms. The summed E-state index contributed by atoms with van der Waals surface area (Å²) in [6.45, 7) is 0. The van der Waals surface area contributed by atoms with E-state index in [9.17, 15) is 0 Å². The van der Waals surface area contributed by atoms with E-state index >= 15 is 0 Å². The van der Waals surface area contributed by atoms with Gasteiger partial charge in [-0.25, -0.2) is 0 Å². The first-order valence-corrected chi connectivity index (χ1v) is 5.27. The molecule has 13 heavy (non-hydrogen) atoms. The average Bonchev–Trinajstić information content (AvgIpc) is 2.55. The van der Waals surface area contributed by atoms with Gasteiger partial charge < -0.3 is 34.0 Å². The maximum absolute atomic E-state index is 2.35. The molecule has 0 amide bonds. The van der Waals surface area contributed by atoms with Crippen LogP contribution in [0.2, 0.25) is 0 Å². The topological polar surface area (TPSA) is 0 Å². The summed E-state index contributed by atoms with van der Waals surface area (Å²) in [6.07, 6.45) is 11.7. The zero-order chi connectivity index (χ0) is 7.68. The van der Waals surface area contributed by atoms with Crippen molar-refractivity contribution in [2.45, 2.75) is 32.1 Å². The summed E-state index contributed by atoms with van der Waals surface area (Å²) in [4.78, 5) is 0. The zero-order valence-electron chi connectivity index (χ0n) is 7.52. The van der Waals surface area contributed by atoms with Gasteiger partial charge in [-0.15, -0.1) is 0 Å². The molecule has 0 saturated heterocycles. The Morgan fingerprint density at radius 3 is 2.23 bits per heavy atom. The molecule has 0 radical (unpaired) electrons. The fourth-order valence-electron chi connectivity index (χ4n) is 2.14. The zero-order valence-corrected chi connectivity index (χ0v) is 12.3. The summed E-state index contributed by atoms with van der Waals surface area (Å²) in [6, 6.07) is 0. The van der Waals surface area contributed by atoms with E-state index in [4.69, 9.17) is 0 Å². The Morgan fingerprint density at radius 1 is 1.15 bits per heavy atom. The number of rotatable bonds is 1. The first-order valence-electron chi connectivity index (χ1n) is 4.49. The molecular formula is C10H13Br2Ti. The van der Waals surface area contributed by atoms with Gasteiger partial charge in [0.1, 0.15) is 0 Å². The van der Waals surface area contributed by atoms with Gasteiger partial charge >= 0.3 is 80.1 Å². The molecule has 0 aromatic heterocycles. The fourth-order valence-corrected chi connectivity index (χ4v) is 2.77. The van der Waals surface area contributed by atoms with Gasteiger partial charge in [0, 0.05) is 0 Å². The second-order valence-electron chi connectivity index (χ2n) is 3.52. The van der Waals surface area contributed by atoms with Crippen LogP contribution in [0.25, 0.3) is 0 Å². The van der Waals surface area contributed by atoms with Gasteiger partial charge in [0.15, 0.2) is 0 Å². The van der Waals surface area contributed by atoms with Crippen LogP contribution < -0.4 is 34.0 Å². The number of halogens is 2. The van der Waals surface area contributed by atoms with Crippen LogP contribution in [-0.4, -0.2) is 0 Å². The van der Waals surface area contributed by atoms with Crippen LogP contribution in [0, 0.1) is 5.92 Å². The third kappa shape index (κ3) is 3.33. The summed E-state index contributed by atoms with van der Waals surface area (Å²) < 4.78 is 1.62. The summed E-state index contributed by atoms with van der Waals surface area (Å²) in [5.41, 5.74) is 1.67. The van der Waals surface area contributed by atoms with E-state index in [0.29, 0.717) is 0 Å². The van der Waals surface area contributed by atoms with Crippen molar-refractivity contribution in [2.75, 3.05) is 0 Å². The molecule has 0 aromatic rings. The van der Waals surface area contributed by atoms with E-state index in [1.54, 1.807) is 9.45 Å². The predicted octanol–water partition coefficient (Wildman–Crippen LogP) is -3.05. The minimum absolute atomic E-state index is 0. The maximum atomic E-state index is 2.35. The molecule has 0 N–H and O–H groups in total. The minimum atomic E-state index is 0. The Morgan fingerprint density at radius 2 is 1.77 bits per heavy atom. The first-order chi connectivity index (χ1) is 5.38. The van der Waals surface area contributed by atoms with Crippen molar-refractivity contribution in [3.05, 3.63) is 21.6 Å². The molecular weight excluding hydrogens is 328 g/mol. The van der Waals surface area contributed by atoms with Gasteiger partial charge in [-0.2, -0.15) is 0 Å². The van der Waals surface area contributed by atoms with Crippen LogP contribution in [0.1, 0.15) is 32.1 Å². The van der Waals surface area contributed by atoms with E-state index in [-0.39, 0.29) is 34.0 Å². The molecule has 2 aliphatic rings. The summed E-state index contributed by atoms with van der Waals surface area (Å²) in [5, 5.41) is 0. The van der Waals surface area contributed by atoms with Gasteiger partial charge in [-0.3, -0.25) is 0 Å². The van der Waals surface area contributed by atoms with Crippen LogP contribution in [0.3, 0.4) is 0 Å². The van der Waals surface area contributed by atoms with Gasteiger partial charge in [-0.1, -0.05) is 0 Å². The molecule has 0 aliphatic heterocycles. The normalized spacial score (nSPS) is 21.7. The van der Waals surface area contributed by atoms with E-state index in [1.807, 2.05) is 0 Å². The molecule has 1 saturated carbocycles. The molecule has 0 aromatic carbocycles. The Bertz CT molecular complexity index is 215. The number of hydrogen-bond donors (Lipinski definition) is 0. The Kier molecular flexibility index (Phi) is 7.19. The monoisotopic (exact) mass is 339 g/mol. The molecule has 0 atom stereocenters. The summed E-state index contributed by atoms with van der Waals surface area (Å²) in [5.74, 6) is 0.925. The van der Waals surface area contributed by atoms with Crippen molar-refractivity contribution in [2.24, 2.45) is 5.92 Å². The standard InChI is InChI=1S/C10H13.2BrH.Ti/c1-2-6-9(5-1)10-7-3-4-8-10;;;/h1,5,10H,2-4,7-8H2;2*1H;/q;;;+2/p-2. The molecule has 2 rings (SSSR count). The quantitative estimate of drug-likeness (QED) is 0.445. The second kappa shape index (κ2) is 6.60. The molecule has 3 heteroatoms. The fraction of sp³-hybridized carbons (Fsp3) is 0.600. The third-order valence-electron chi connectivity index (χ3n) is 2.76. The number of hydrogen-bond acceptors (Lipinski definition) is 0. The summed E-state index contributed by atoms with van der Waals surface area (Å²) >= 11 is 2.29. The third-order valence-corrected chi connectivity index (χ3v) is 3.53. The summed E-state index contributed by atoms with van der Waals surface area (Å²) in [7, 11) is 0. The molecule has 2 aliphatic carbocycles. The van der Waals surface area contributed by atoms with Gasteiger partial charge in [-0.05, 0) is 0 Å². The van der Waals surface area contributed by atoms with E-state index in [2.05, 4.69) is 32.6 Å². The van der Waals surface area contributed by atoms with Crippen molar-refractivity contribution < 1.29 is 54.4 Å². The van der Waals surface area contributed by atoms with Crippen molar-refractivity contribution in [3.63, 3.8) is 0 Å². The molecule has 0 spiro atoms. The Hall–Kier alpha value is 1.15. The second-order valence-corrected chi connectivity index (χ2v) is 4.46. The molecule has 0 nitrogen and oxygen atoms in total. The van der Waals surface area contributed by atoms with Crippen LogP contribution in [0.4, 0.5) is 0 Å². The Balaban J connectivity index is 0.000000720. The van der Waals surface area contributed by atoms with Crippen LogP contribution in [-0.2, 0) is 20.4 Å². The van der Waals surface area contributed by atoms with Crippen LogP contribution >= 0.6 is 0 Å². The van der Waals surface area contributed by atoms with Crippen LogP contribution in [0.5, 0.6) is 0 Å². The molecule has 71 valence electrons. The van der Waals surface area contributed by atoms with E-state index < -0.39 is 0 Å². The van der Waals surface area contributed by atoms with Gasteiger partial charge in [0.25, 0.3) is 0 Å². The number of allylic oxidation sites excluding steroid dienone is 4. The SMILES string of the molecule is [Br-].[Br-].[Ti+2][C]1=C(C2CCCC2)C=CC1.